The van der Waals surface area contributed by atoms with E-state index in [9.17, 15) is 26.4 Å². The van der Waals surface area contributed by atoms with Gasteiger partial charge in [0.1, 0.15) is 6.04 Å². The maximum Gasteiger partial charge on any atom is 0.270 e. The normalized spacial score (nSPS) is 17.5. The summed E-state index contributed by atoms with van der Waals surface area (Å²) in [6.45, 7) is 6.65. The number of sulfonamides is 2. The van der Waals surface area contributed by atoms with E-state index >= 15 is 0 Å². The fourth-order valence-electron chi connectivity index (χ4n) is 3.54. The van der Waals surface area contributed by atoms with Gasteiger partial charge in [0, 0.05) is 25.0 Å². The molecule has 1 aliphatic rings. The summed E-state index contributed by atoms with van der Waals surface area (Å²) in [7, 11) is -8.41. The van der Waals surface area contributed by atoms with E-state index in [0.29, 0.717) is 16.4 Å². The second-order valence-corrected chi connectivity index (χ2v) is 11.8. The van der Waals surface area contributed by atoms with Gasteiger partial charge in [-0.05, 0) is 49.2 Å². The Balaban J connectivity index is 2.03. The van der Waals surface area contributed by atoms with Crippen LogP contribution in [-0.2, 0) is 29.6 Å². The monoisotopic (exact) mass is 505 g/mol. The largest absolute Gasteiger partial charge is 0.326 e. The molecule has 11 heteroatoms. The molecule has 1 aliphatic heterocycles. The van der Waals surface area contributed by atoms with E-state index in [1.54, 1.807) is 26.0 Å². The number of benzene rings is 2. The Morgan fingerprint density at radius 3 is 2.00 bits per heavy atom. The third kappa shape index (κ3) is 4.85. The van der Waals surface area contributed by atoms with Gasteiger partial charge in [-0.2, -0.15) is 0 Å². The molecule has 0 bridgehead atoms. The van der Waals surface area contributed by atoms with Crippen LogP contribution in [-0.4, -0.2) is 43.3 Å². The van der Waals surface area contributed by atoms with Crippen LogP contribution in [0, 0.1) is 12.8 Å². The molecule has 2 aromatic rings. The SMILES string of the molecule is CCC(C)C1C(=O)N(S(=O)(=O)c2ccc(NC(C)=O)cc2)C=CN1S(=O)(=O)c1ccc(C)cc1. The predicted octanol–water partition coefficient (Wildman–Crippen LogP) is 3.06. The Labute approximate surface area is 200 Å². The fourth-order valence-corrected chi connectivity index (χ4v) is 6.34. The lowest BCUT2D eigenvalue weighted by atomic mass is 9.98. The summed E-state index contributed by atoms with van der Waals surface area (Å²) in [5, 5.41) is 2.54. The topological polar surface area (TPSA) is 121 Å². The molecule has 0 spiro atoms. The third-order valence-electron chi connectivity index (χ3n) is 5.60. The molecule has 0 saturated heterocycles. The van der Waals surface area contributed by atoms with Gasteiger partial charge in [-0.15, -0.1) is 0 Å². The average molecular weight is 506 g/mol. The van der Waals surface area contributed by atoms with Crippen molar-refractivity contribution >= 4 is 37.5 Å². The zero-order valence-corrected chi connectivity index (χ0v) is 20.9. The predicted molar refractivity (Wildman–Crippen MR) is 127 cm³/mol. The summed E-state index contributed by atoms with van der Waals surface area (Å²) >= 11 is 0. The summed E-state index contributed by atoms with van der Waals surface area (Å²) in [5.74, 6) is -1.63. The Bertz CT molecular complexity index is 1320. The lowest BCUT2D eigenvalue weighted by Crippen LogP contribution is -2.54. The number of anilines is 1. The van der Waals surface area contributed by atoms with Crippen molar-refractivity contribution in [1.29, 1.82) is 0 Å². The smallest absolute Gasteiger partial charge is 0.270 e. The molecule has 3 rings (SSSR count). The minimum absolute atomic E-state index is 0.00807. The minimum atomic E-state index is -4.31. The first-order valence-electron chi connectivity index (χ1n) is 10.6. The molecule has 2 unspecified atom stereocenters. The number of rotatable bonds is 7. The van der Waals surface area contributed by atoms with Gasteiger partial charge in [0.25, 0.3) is 26.0 Å². The number of aryl methyl sites for hydroxylation is 1. The molecular formula is C23H27N3O6S2. The lowest BCUT2D eigenvalue weighted by molar-refractivity contribution is -0.130. The second-order valence-electron chi connectivity index (χ2n) is 8.12. The highest BCUT2D eigenvalue weighted by Crippen LogP contribution is 2.31. The van der Waals surface area contributed by atoms with E-state index in [0.717, 1.165) is 22.3 Å². The van der Waals surface area contributed by atoms with Gasteiger partial charge >= 0.3 is 0 Å². The van der Waals surface area contributed by atoms with Crippen LogP contribution in [0.2, 0.25) is 0 Å². The van der Waals surface area contributed by atoms with Crippen molar-refractivity contribution in [1.82, 2.24) is 8.61 Å². The Hall–Kier alpha value is -3.18. The molecule has 0 aliphatic carbocycles. The van der Waals surface area contributed by atoms with Crippen LogP contribution in [0.5, 0.6) is 0 Å². The fraction of sp³-hybridized carbons (Fsp3) is 0.304. The number of amides is 2. The van der Waals surface area contributed by atoms with Crippen LogP contribution in [0.4, 0.5) is 5.69 Å². The van der Waals surface area contributed by atoms with Crippen LogP contribution in [0.25, 0.3) is 0 Å². The Kier molecular flexibility index (Phi) is 7.18. The van der Waals surface area contributed by atoms with E-state index in [4.69, 9.17) is 0 Å². The molecule has 2 aromatic carbocycles. The zero-order chi connectivity index (χ0) is 25.3. The number of carbonyl (C=O) groups excluding carboxylic acids is 2. The van der Waals surface area contributed by atoms with Crippen LogP contribution in [0.3, 0.4) is 0 Å². The standard InChI is InChI=1S/C23H27N3O6S2/c1-5-17(3)22-23(28)26(34(31,32)21-12-8-19(9-13-21)24-18(4)27)15-14-25(22)33(29,30)20-10-6-16(2)7-11-20/h6-15,17,22H,5H2,1-4H3,(H,24,27). The van der Waals surface area contributed by atoms with Gasteiger partial charge in [-0.1, -0.05) is 38.0 Å². The summed E-state index contributed by atoms with van der Waals surface area (Å²) in [6, 6.07) is 10.3. The van der Waals surface area contributed by atoms with Crippen molar-refractivity contribution in [2.75, 3.05) is 5.32 Å². The molecule has 9 nitrogen and oxygen atoms in total. The molecule has 182 valence electrons. The van der Waals surface area contributed by atoms with E-state index in [-0.39, 0.29) is 15.7 Å². The number of hydrogen-bond acceptors (Lipinski definition) is 6. The second kappa shape index (κ2) is 9.59. The first-order valence-corrected chi connectivity index (χ1v) is 13.5. The summed E-state index contributed by atoms with van der Waals surface area (Å²) < 4.78 is 54.7. The number of nitrogens with zero attached hydrogens (tertiary/aromatic N) is 2. The van der Waals surface area contributed by atoms with Crippen molar-refractivity contribution in [2.24, 2.45) is 5.92 Å². The molecule has 2 atom stereocenters. The van der Waals surface area contributed by atoms with Gasteiger partial charge in [0.15, 0.2) is 0 Å². The lowest BCUT2D eigenvalue weighted by Gasteiger charge is -2.38. The molecule has 0 saturated carbocycles. The molecule has 0 radical (unpaired) electrons. The van der Waals surface area contributed by atoms with Crippen LogP contribution in [0.1, 0.15) is 32.8 Å². The average Bonchev–Trinajstić information content (AvgIpc) is 2.78. The molecule has 2 amide bonds. The number of nitrogens with one attached hydrogen (secondary N) is 1. The summed E-state index contributed by atoms with van der Waals surface area (Å²) in [6.07, 6.45) is 2.53. The van der Waals surface area contributed by atoms with E-state index in [2.05, 4.69) is 5.32 Å². The molecule has 1 N–H and O–H groups in total. The van der Waals surface area contributed by atoms with Crippen molar-refractivity contribution in [3.05, 3.63) is 66.5 Å². The van der Waals surface area contributed by atoms with E-state index in [1.807, 2.05) is 6.92 Å². The highest BCUT2D eigenvalue weighted by Gasteiger charge is 2.44. The highest BCUT2D eigenvalue weighted by atomic mass is 32.2. The molecule has 34 heavy (non-hydrogen) atoms. The van der Waals surface area contributed by atoms with Gasteiger partial charge < -0.3 is 5.32 Å². The highest BCUT2D eigenvalue weighted by molar-refractivity contribution is 7.90. The van der Waals surface area contributed by atoms with Crippen LogP contribution >= 0.6 is 0 Å². The summed E-state index contributed by atoms with van der Waals surface area (Å²) in [4.78, 5) is 24.5. The van der Waals surface area contributed by atoms with Crippen molar-refractivity contribution in [3.63, 3.8) is 0 Å². The van der Waals surface area contributed by atoms with Gasteiger partial charge in [-0.25, -0.2) is 21.1 Å². The van der Waals surface area contributed by atoms with E-state index in [1.165, 1.54) is 43.3 Å². The first kappa shape index (κ1) is 25.4. The van der Waals surface area contributed by atoms with Gasteiger partial charge in [-0.3, -0.25) is 13.9 Å². The number of hydrogen-bond donors (Lipinski definition) is 1. The Morgan fingerprint density at radius 2 is 1.47 bits per heavy atom. The number of carbonyl (C=O) groups is 2. The maximum atomic E-state index is 13.4. The summed E-state index contributed by atoms with van der Waals surface area (Å²) in [5.41, 5.74) is 1.28. The van der Waals surface area contributed by atoms with Gasteiger partial charge in [0.05, 0.1) is 9.79 Å². The Morgan fingerprint density at radius 1 is 0.941 bits per heavy atom. The molecule has 1 heterocycles. The van der Waals surface area contributed by atoms with Crippen molar-refractivity contribution in [3.8, 4) is 0 Å². The van der Waals surface area contributed by atoms with Crippen molar-refractivity contribution in [2.45, 2.75) is 49.9 Å². The maximum absolute atomic E-state index is 13.4. The van der Waals surface area contributed by atoms with Crippen LogP contribution < -0.4 is 5.32 Å². The van der Waals surface area contributed by atoms with Gasteiger partial charge in [0.2, 0.25) is 5.91 Å². The van der Waals surface area contributed by atoms with E-state index < -0.39 is 37.9 Å². The van der Waals surface area contributed by atoms with Crippen LogP contribution in [0.15, 0.2) is 70.7 Å². The van der Waals surface area contributed by atoms with Crippen molar-refractivity contribution < 1.29 is 26.4 Å². The zero-order valence-electron chi connectivity index (χ0n) is 19.3. The molecular weight excluding hydrogens is 478 g/mol. The first-order chi connectivity index (χ1) is 15.9. The molecule has 0 fully saturated rings. The minimum Gasteiger partial charge on any atom is -0.326 e. The molecule has 0 aromatic heterocycles. The third-order valence-corrected chi connectivity index (χ3v) is 9.06. The quantitative estimate of drug-likeness (QED) is 0.617.